The van der Waals surface area contributed by atoms with Gasteiger partial charge in [0.05, 0.1) is 20.3 Å². The molecule has 0 saturated heterocycles. The molecule has 1 atom stereocenters. The van der Waals surface area contributed by atoms with Crippen LogP contribution in [0.25, 0.3) is 11.1 Å². The van der Waals surface area contributed by atoms with Crippen LogP contribution >= 0.6 is 0 Å². The van der Waals surface area contributed by atoms with Crippen molar-refractivity contribution in [1.29, 1.82) is 0 Å². The normalized spacial score (nSPS) is 11.4. The number of ether oxygens (including phenoxy) is 5. The Hall–Kier alpha value is -5.30. The van der Waals surface area contributed by atoms with Gasteiger partial charge in [-0.05, 0) is 59.9 Å². The van der Waals surface area contributed by atoms with Gasteiger partial charge in [-0.25, -0.2) is 9.18 Å². The summed E-state index contributed by atoms with van der Waals surface area (Å²) in [5, 5.41) is 0. The summed E-state index contributed by atoms with van der Waals surface area (Å²) in [5.74, 6) is 1.96. The van der Waals surface area contributed by atoms with Crippen molar-refractivity contribution in [3.8, 4) is 34.1 Å². The highest BCUT2D eigenvalue weighted by Gasteiger charge is 2.25. The number of rotatable bonds is 17. The van der Waals surface area contributed by atoms with Crippen molar-refractivity contribution >= 4 is 5.97 Å². The molecule has 0 radical (unpaired) electrons. The van der Waals surface area contributed by atoms with Crippen LogP contribution in [0.4, 0.5) is 4.39 Å². The van der Waals surface area contributed by atoms with Crippen molar-refractivity contribution < 1.29 is 32.9 Å². The highest BCUT2D eigenvalue weighted by atomic mass is 19.1. The van der Waals surface area contributed by atoms with Crippen LogP contribution in [0.2, 0.25) is 0 Å². The van der Waals surface area contributed by atoms with Crippen LogP contribution in [0.3, 0.4) is 0 Å². The molecule has 0 fully saturated rings. The van der Waals surface area contributed by atoms with Crippen LogP contribution in [0, 0.1) is 5.82 Å². The van der Waals surface area contributed by atoms with E-state index in [2.05, 4.69) is 19.9 Å². The van der Waals surface area contributed by atoms with E-state index >= 15 is 0 Å². The Morgan fingerprint density at radius 2 is 1.39 bits per heavy atom. The lowest BCUT2D eigenvalue weighted by atomic mass is 10.00. The van der Waals surface area contributed by atoms with Gasteiger partial charge in [0.15, 0.2) is 0 Å². The Bertz CT molecular complexity index is 1770. The van der Waals surface area contributed by atoms with Crippen molar-refractivity contribution in [2.75, 3.05) is 20.3 Å². The molecule has 0 N–H and O–H groups in total. The number of carbonyl (C=O) groups excluding carboxylic acids is 1. The van der Waals surface area contributed by atoms with Crippen LogP contribution in [0.5, 0.6) is 23.0 Å². The van der Waals surface area contributed by atoms with Crippen LogP contribution in [0.1, 0.15) is 55.0 Å². The molecular weight excluding hydrogens is 619 g/mol. The number of aryl methyl sites for hydroxylation is 1. The molecule has 254 valence electrons. The Kier molecular flexibility index (Phi) is 12.7. The molecule has 0 aliphatic rings. The van der Waals surface area contributed by atoms with Gasteiger partial charge in [0.2, 0.25) is 6.10 Å². The molecule has 0 aromatic heterocycles. The molecule has 0 aliphatic heterocycles. The third-order valence-corrected chi connectivity index (χ3v) is 8.09. The summed E-state index contributed by atoms with van der Waals surface area (Å²) in [6, 6.07) is 35.4. The van der Waals surface area contributed by atoms with Gasteiger partial charge in [-0.3, -0.25) is 0 Å². The SMILES string of the molecule is CCCc1c(OCCCOc2cc(OCc3ccccc3)c(-c3ccc(F)cc3)cc2CC)cccc1OC(C(=O)OC)c1ccccc1. The highest BCUT2D eigenvalue weighted by molar-refractivity contribution is 5.77. The van der Waals surface area contributed by atoms with Gasteiger partial charge in [0.1, 0.15) is 35.4 Å². The van der Waals surface area contributed by atoms with Gasteiger partial charge in [-0.1, -0.05) is 99.1 Å². The topological polar surface area (TPSA) is 63.2 Å². The molecule has 0 amide bonds. The first-order chi connectivity index (χ1) is 24.0. The summed E-state index contributed by atoms with van der Waals surface area (Å²) in [7, 11) is 1.36. The maximum absolute atomic E-state index is 13.7. The lowest BCUT2D eigenvalue weighted by Gasteiger charge is -2.21. The monoisotopic (exact) mass is 662 g/mol. The Labute approximate surface area is 288 Å². The predicted octanol–water partition coefficient (Wildman–Crippen LogP) is 9.73. The molecule has 0 aliphatic carbocycles. The third kappa shape index (κ3) is 9.41. The first kappa shape index (κ1) is 35.0. The molecule has 5 rings (SSSR count). The molecule has 0 saturated carbocycles. The minimum atomic E-state index is -0.894. The first-order valence-corrected chi connectivity index (χ1v) is 16.8. The predicted molar refractivity (Wildman–Crippen MR) is 190 cm³/mol. The number of carbonyl (C=O) groups is 1. The number of benzene rings is 5. The van der Waals surface area contributed by atoms with Crippen molar-refractivity contribution in [2.45, 2.75) is 52.2 Å². The van der Waals surface area contributed by atoms with Gasteiger partial charge >= 0.3 is 5.97 Å². The smallest absolute Gasteiger partial charge is 0.351 e. The van der Waals surface area contributed by atoms with E-state index in [1.54, 1.807) is 12.1 Å². The summed E-state index contributed by atoms with van der Waals surface area (Å²) in [6.45, 7) is 5.41. The summed E-state index contributed by atoms with van der Waals surface area (Å²) in [6.07, 6.45) is 2.08. The van der Waals surface area contributed by atoms with E-state index in [0.717, 1.165) is 52.8 Å². The van der Waals surface area contributed by atoms with E-state index in [9.17, 15) is 9.18 Å². The second-order valence-electron chi connectivity index (χ2n) is 11.6. The molecule has 5 aromatic rings. The van der Waals surface area contributed by atoms with E-state index in [-0.39, 0.29) is 5.82 Å². The zero-order valence-electron chi connectivity index (χ0n) is 28.3. The van der Waals surface area contributed by atoms with Gasteiger partial charge in [0.25, 0.3) is 0 Å². The molecule has 0 heterocycles. The number of halogens is 1. The Balaban J connectivity index is 1.27. The number of esters is 1. The molecule has 0 spiro atoms. The molecule has 49 heavy (non-hydrogen) atoms. The average Bonchev–Trinajstić information content (AvgIpc) is 3.14. The van der Waals surface area contributed by atoms with Crippen LogP contribution in [-0.4, -0.2) is 26.3 Å². The van der Waals surface area contributed by atoms with Crippen molar-refractivity contribution in [1.82, 2.24) is 0 Å². The third-order valence-electron chi connectivity index (χ3n) is 8.09. The maximum Gasteiger partial charge on any atom is 0.351 e. The van der Waals surface area contributed by atoms with Crippen LogP contribution in [-0.2, 0) is 29.0 Å². The van der Waals surface area contributed by atoms with Crippen molar-refractivity contribution in [2.24, 2.45) is 0 Å². The lowest BCUT2D eigenvalue weighted by molar-refractivity contribution is -0.149. The molecule has 6 nitrogen and oxygen atoms in total. The van der Waals surface area contributed by atoms with Crippen molar-refractivity contribution in [3.05, 3.63) is 143 Å². The van der Waals surface area contributed by atoms with E-state index in [1.807, 2.05) is 84.9 Å². The van der Waals surface area contributed by atoms with Crippen LogP contribution < -0.4 is 18.9 Å². The lowest BCUT2D eigenvalue weighted by Crippen LogP contribution is -2.21. The number of methoxy groups -OCH3 is 1. The molecule has 7 heteroatoms. The molecule has 5 aromatic carbocycles. The van der Waals surface area contributed by atoms with Gasteiger partial charge in [0, 0.05) is 29.2 Å². The Morgan fingerprint density at radius 3 is 2.06 bits per heavy atom. The van der Waals surface area contributed by atoms with Crippen molar-refractivity contribution in [3.63, 3.8) is 0 Å². The van der Waals surface area contributed by atoms with E-state index in [1.165, 1.54) is 19.2 Å². The van der Waals surface area contributed by atoms with E-state index in [0.29, 0.717) is 49.1 Å². The highest BCUT2D eigenvalue weighted by Crippen LogP contribution is 2.38. The second-order valence-corrected chi connectivity index (χ2v) is 11.6. The summed E-state index contributed by atoms with van der Waals surface area (Å²) < 4.78 is 44.0. The van der Waals surface area contributed by atoms with Crippen LogP contribution in [0.15, 0.2) is 115 Å². The van der Waals surface area contributed by atoms with Gasteiger partial charge in [-0.15, -0.1) is 0 Å². The summed E-state index contributed by atoms with van der Waals surface area (Å²) in [4.78, 5) is 12.7. The summed E-state index contributed by atoms with van der Waals surface area (Å²) >= 11 is 0. The fourth-order valence-electron chi connectivity index (χ4n) is 5.55. The second kappa shape index (κ2) is 17.7. The zero-order chi connectivity index (χ0) is 34.4. The average molecular weight is 663 g/mol. The largest absolute Gasteiger partial charge is 0.493 e. The van der Waals surface area contributed by atoms with Gasteiger partial charge < -0.3 is 23.7 Å². The fourth-order valence-corrected chi connectivity index (χ4v) is 5.55. The minimum Gasteiger partial charge on any atom is -0.493 e. The summed E-state index contributed by atoms with van der Waals surface area (Å²) in [5.41, 5.74) is 5.45. The number of hydrogen-bond acceptors (Lipinski definition) is 6. The quantitative estimate of drug-likeness (QED) is 0.0730. The van der Waals surface area contributed by atoms with Gasteiger partial charge in [-0.2, -0.15) is 0 Å². The Morgan fingerprint density at radius 1 is 0.714 bits per heavy atom. The number of hydrogen-bond donors (Lipinski definition) is 0. The fraction of sp³-hybridized carbons (Fsp3) is 0.262. The molecule has 1 unspecified atom stereocenters. The van der Waals surface area contributed by atoms with E-state index in [4.69, 9.17) is 23.7 Å². The zero-order valence-corrected chi connectivity index (χ0v) is 28.3. The standard InChI is InChI=1S/C42H43FO6/c1-4-14-35-37(19-12-20-38(35)49-41(42(44)45-3)33-17-10-7-11-18-33)46-25-13-26-47-39-28-40(48-29-30-15-8-6-9-16-30)36(27-31(39)5-2)32-21-23-34(43)24-22-32/h6-12,15-24,27-28,41H,4-5,13-14,25-26,29H2,1-3H3. The van der Waals surface area contributed by atoms with E-state index < -0.39 is 12.1 Å². The molecule has 0 bridgehead atoms. The maximum atomic E-state index is 13.7. The first-order valence-electron chi connectivity index (χ1n) is 16.8. The molecular formula is C42H43FO6. The minimum absolute atomic E-state index is 0.285.